The van der Waals surface area contributed by atoms with Crippen LogP contribution in [-0.4, -0.2) is 25.2 Å². The Morgan fingerprint density at radius 1 is 0.957 bits per heavy atom. The highest BCUT2D eigenvalue weighted by Gasteiger charge is 2.11. The van der Waals surface area contributed by atoms with E-state index in [-0.39, 0.29) is 13.2 Å². The predicted molar refractivity (Wildman–Crippen MR) is 91.0 cm³/mol. The van der Waals surface area contributed by atoms with Gasteiger partial charge in [-0.2, -0.15) is 0 Å². The highest BCUT2D eigenvalue weighted by Crippen LogP contribution is 2.20. The van der Waals surface area contributed by atoms with E-state index in [2.05, 4.69) is 12.1 Å². The highest BCUT2D eigenvalue weighted by atomic mass is 16.5. The Labute approximate surface area is 137 Å². The van der Waals surface area contributed by atoms with Crippen LogP contribution in [0.1, 0.15) is 36.1 Å². The Morgan fingerprint density at radius 3 is 2.04 bits per heavy atom. The van der Waals surface area contributed by atoms with Crippen molar-refractivity contribution >= 4 is 18.0 Å². The quantitative estimate of drug-likeness (QED) is 0.456. The SMILES string of the molecule is CCOC(=O)/C=C/C(=C\c1c(C)cc(C)cc1C)C(=O)OCC. The summed E-state index contributed by atoms with van der Waals surface area (Å²) >= 11 is 0. The maximum atomic E-state index is 12.1. The zero-order valence-corrected chi connectivity index (χ0v) is 14.4. The van der Waals surface area contributed by atoms with Crippen LogP contribution in [0, 0.1) is 20.8 Å². The molecule has 0 aromatic heterocycles. The van der Waals surface area contributed by atoms with E-state index < -0.39 is 11.9 Å². The van der Waals surface area contributed by atoms with Crippen LogP contribution in [0.4, 0.5) is 0 Å². The fourth-order valence-electron chi connectivity index (χ4n) is 2.31. The van der Waals surface area contributed by atoms with Gasteiger partial charge in [-0.3, -0.25) is 0 Å². The number of aryl methyl sites for hydroxylation is 3. The summed E-state index contributed by atoms with van der Waals surface area (Å²) in [6.45, 7) is 10.0. The van der Waals surface area contributed by atoms with Crippen molar-refractivity contribution in [1.29, 1.82) is 0 Å². The molecule has 0 atom stereocenters. The second-order valence-electron chi connectivity index (χ2n) is 5.22. The van der Waals surface area contributed by atoms with Crippen molar-refractivity contribution < 1.29 is 19.1 Å². The molecule has 0 heterocycles. The van der Waals surface area contributed by atoms with Gasteiger partial charge in [0.05, 0.1) is 18.8 Å². The average molecular weight is 316 g/mol. The summed E-state index contributed by atoms with van der Waals surface area (Å²) in [5.74, 6) is -0.951. The van der Waals surface area contributed by atoms with Crippen LogP contribution >= 0.6 is 0 Å². The third-order valence-electron chi connectivity index (χ3n) is 3.23. The lowest BCUT2D eigenvalue weighted by Crippen LogP contribution is -2.07. The molecule has 0 unspecified atom stereocenters. The number of rotatable bonds is 6. The van der Waals surface area contributed by atoms with E-state index in [1.165, 1.54) is 12.2 Å². The number of esters is 2. The van der Waals surface area contributed by atoms with Crippen LogP contribution in [0.15, 0.2) is 29.9 Å². The van der Waals surface area contributed by atoms with Gasteiger partial charge in [0.25, 0.3) is 0 Å². The number of carbonyl (C=O) groups excluding carboxylic acids is 2. The number of benzene rings is 1. The van der Waals surface area contributed by atoms with E-state index in [1.807, 2.05) is 20.8 Å². The Bertz CT molecular complexity index is 616. The van der Waals surface area contributed by atoms with Crippen molar-refractivity contribution in [2.24, 2.45) is 0 Å². The summed E-state index contributed by atoms with van der Waals surface area (Å²) < 4.78 is 9.90. The van der Waals surface area contributed by atoms with Gasteiger partial charge in [-0.25, -0.2) is 9.59 Å². The summed E-state index contributed by atoms with van der Waals surface area (Å²) in [4.78, 5) is 23.6. The van der Waals surface area contributed by atoms with Gasteiger partial charge in [0, 0.05) is 6.08 Å². The van der Waals surface area contributed by atoms with Crippen LogP contribution in [-0.2, 0) is 19.1 Å². The molecule has 0 aliphatic rings. The molecule has 0 saturated carbocycles. The van der Waals surface area contributed by atoms with Gasteiger partial charge >= 0.3 is 11.9 Å². The summed E-state index contributed by atoms with van der Waals surface area (Å²) in [5.41, 5.74) is 4.56. The van der Waals surface area contributed by atoms with Crippen LogP contribution in [0.3, 0.4) is 0 Å². The molecule has 0 saturated heterocycles. The first-order chi connectivity index (χ1) is 10.9. The molecule has 0 aliphatic carbocycles. The lowest BCUT2D eigenvalue weighted by molar-refractivity contribution is -0.138. The van der Waals surface area contributed by atoms with Crippen molar-refractivity contribution in [3.8, 4) is 0 Å². The van der Waals surface area contributed by atoms with Gasteiger partial charge in [0.1, 0.15) is 0 Å². The van der Waals surface area contributed by atoms with Gasteiger partial charge in [-0.05, 0) is 63.5 Å². The van der Waals surface area contributed by atoms with Crippen molar-refractivity contribution in [1.82, 2.24) is 0 Å². The Hall–Kier alpha value is -2.36. The molecule has 0 amide bonds. The van der Waals surface area contributed by atoms with Crippen molar-refractivity contribution in [3.63, 3.8) is 0 Å². The van der Waals surface area contributed by atoms with Crippen molar-refractivity contribution in [2.45, 2.75) is 34.6 Å². The molecule has 0 bridgehead atoms. The summed E-state index contributed by atoms with van der Waals surface area (Å²) in [5, 5.41) is 0. The Balaban J connectivity index is 3.24. The average Bonchev–Trinajstić information content (AvgIpc) is 2.46. The Kier molecular flexibility index (Phi) is 7.26. The molecular weight excluding hydrogens is 292 g/mol. The van der Waals surface area contributed by atoms with Crippen LogP contribution in [0.25, 0.3) is 6.08 Å². The molecule has 4 heteroatoms. The van der Waals surface area contributed by atoms with Gasteiger partial charge in [-0.15, -0.1) is 0 Å². The third-order valence-corrected chi connectivity index (χ3v) is 3.23. The van der Waals surface area contributed by atoms with Gasteiger partial charge in [-0.1, -0.05) is 17.7 Å². The third kappa shape index (κ3) is 5.74. The van der Waals surface area contributed by atoms with Crippen LogP contribution in [0.5, 0.6) is 0 Å². The minimum atomic E-state index is -0.486. The second kappa shape index (κ2) is 8.93. The molecule has 0 radical (unpaired) electrons. The van der Waals surface area contributed by atoms with Gasteiger partial charge in [0.15, 0.2) is 0 Å². The fraction of sp³-hybridized carbons (Fsp3) is 0.368. The predicted octanol–water partition coefficient (Wildman–Crippen LogP) is 3.68. The van der Waals surface area contributed by atoms with E-state index in [4.69, 9.17) is 9.47 Å². The number of ether oxygens (including phenoxy) is 2. The standard InChI is InChI=1S/C19H24O4/c1-6-22-18(20)9-8-16(19(21)23-7-2)12-17-14(4)10-13(3)11-15(17)5/h8-12H,6-7H2,1-5H3/b9-8+,16-12+. The smallest absolute Gasteiger partial charge is 0.338 e. The van der Waals surface area contributed by atoms with E-state index >= 15 is 0 Å². The topological polar surface area (TPSA) is 52.6 Å². The molecule has 0 N–H and O–H groups in total. The maximum Gasteiger partial charge on any atom is 0.338 e. The zero-order chi connectivity index (χ0) is 17.4. The molecular formula is C19H24O4. The van der Waals surface area contributed by atoms with E-state index in [0.717, 1.165) is 22.3 Å². The first-order valence-corrected chi connectivity index (χ1v) is 7.70. The molecule has 1 aromatic rings. The number of carbonyl (C=O) groups is 2. The normalized spacial score (nSPS) is 11.6. The van der Waals surface area contributed by atoms with Gasteiger partial charge < -0.3 is 9.47 Å². The largest absolute Gasteiger partial charge is 0.463 e. The van der Waals surface area contributed by atoms with Crippen molar-refractivity contribution in [3.05, 3.63) is 52.1 Å². The first-order valence-electron chi connectivity index (χ1n) is 7.70. The Morgan fingerprint density at radius 2 is 1.52 bits per heavy atom. The monoisotopic (exact) mass is 316 g/mol. The summed E-state index contributed by atoms with van der Waals surface area (Å²) in [6.07, 6.45) is 4.43. The van der Waals surface area contributed by atoms with Crippen molar-refractivity contribution in [2.75, 3.05) is 13.2 Å². The zero-order valence-electron chi connectivity index (χ0n) is 14.4. The van der Waals surface area contributed by atoms with E-state index in [0.29, 0.717) is 5.57 Å². The molecule has 1 aromatic carbocycles. The fourth-order valence-corrected chi connectivity index (χ4v) is 2.31. The molecule has 124 valence electrons. The number of hydrogen-bond acceptors (Lipinski definition) is 4. The first kappa shape index (κ1) is 18.7. The van der Waals surface area contributed by atoms with Gasteiger partial charge in [0.2, 0.25) is 0 Å². The van der Waals surface area contributed by atoms with E-state index in [1.54, 1.807) is 19.9 Å². The van der Waals surface area contributed by atoms with Crippen LogP contribution in [0.2, 0.25) is 0 Å². The minimum Gasteiger partial charge on any atom is -0.463 e. The minimum absolute atomic E-state index is 0.273. The molecule has 1 rings (SSSR count). The van der Waals surface area contributed by atoms with Crippen LogP contribution < -0.4 is 0 Å². The molecule has 23 heavy (non-hydrogen) atoms. The summed E-state index contributed by atoms with van der Waals surface area (Å²) in [7, 11) is 0. The maximum absolute atomic E-state index is 12.1. The molecule has 4 nitrogen and oxygen atoms in total. The molecule has 0 fully saturated rings. The number of hydrogen-bond donors (Lipinski definition) is 0. The molecule has 0 aliphatic heterocycles. The second-order valence-corrected chi connectivity index (χ2v) is 5.22. The lowest BCUT2D eigenvalue weighted by atomic mass is 9.97. The highest BCUT2D eigenvalue weighted by molar-refractivity contribution is 5.98. The lowest BCUT2D eigenvalue weighted by Gasteiger charge is -2.09. The van der Waals surface area contributed by atoms with E-state index in [9.17, 15) is 9.59 Å². The summed E-state index contributed by atoms with van der Waals surface area (Å²) in [6, 6.07) is 4.10. The molecule has 0 spiro atoms.